The molecule has 0 bridgehead atoms. The van der Waals surface area contributed by atoms with Crippen LogP contribution in [0.5, 0.6) is 11.5 Å². The quantitative estimate of drug-likeness (QED) is 0.305. The molecule has 0 unspecified atom stereocenters. The van der Waals surface area contributed by atoms with Gasteiger partial charge in [-0.05, 0) is 55.8 Å². The van der Waals surface area contributed by atoms with E-state index in [4.69, 9.17) is 32.7 Å². The smallest absolute Gasteiger partial charge is 0.329 e. The molecule has 3 N–H and O–H groups in total. The number of hydrazone groups is 1. The summed E-state index contributed by atoms with van der Waals surface area (Å²) >= 11 is 11.8. The Labute approximate surface area is 195 Å². The summed E-state index contributed by atoms with van der Waals surface area (Å²) in [5.41, 5.74) is 3.19. The van der Waals surface area contributed by atoms with Crippen molar-refractivity contribution < 1.29 is 23.9 Å². The number of carbonyl (C=O) groups is 3. The summed E-state index contributed by atoms with van der Waals surface area (Å²) in [6.45, 7) is 3.20. The zero-order valence-electron chi connectivity index (χ0n) is 17.6. The van der Waals surface area contributed by atoms with Crippen molar-refractivity contribution in [2.24, 2.45) is 5.10 Å². The van der Waals surface area contributed by atoms with Crippen molar-refractivity contribution >= 4 is 52.8 Å². The molecule has 0 radical (unpaired) electrons. The number of amides is 3. The maximum Gasteiger partial charge on any atom is 0.329 e. The van der Waals surface area contributed by atoms with E-state index in [0.29, 0.717) is 32.8 Å². The first-order valence-corrected chi connectivity index (χ1v) is 10.1. The molecule has 2 aromatic rings. The van der Waals surface area contributed by atoms with Crippen LogP contribution in [-0.4, -0.2) is 43.7 Å². The fourth-order valence-corrected chi connectivity index (χ4v) is 2.64. The largest absolute Gasteiger partial charge is 0.493 e. The Hall–Kier alpha value is -3.30. The minimum atomic E-state index is -0.880. The highest BCUT2D eigenvalue weighted by Crippen LogP contribution is 2.28. The van der Waals surface area contributed by atoms with E-state index in [0.717, 1.165) is 0 Å². The molecule has 0 aliphatic rings. The third-order valence-electron chi connectivity index (χ3n) is 3.76. The van der Waals surface area contributed by atoms with Crippen LogP contribution in [-0.2, 0) is 14.4 Å². The van der Waals surface area contributed by atoms with Gasteiger partial charge in [-0.2, -0.15) is 5.10 Å². The molecule has 9 nitrogen and oxygen atoms in total. The number of anilines is 1. The standard InChI is InChI=1S/C21H22Cl2N4O5/c1-12(2)25-20(29)21(30)27-24-10-13-4-7-17(18(8-13)31-3)32-11-19(28)26-14-5-6-15(22)16(23)9-14/h4-10,12H,11H2,1-3H3,(H,25,29)(H,26,28)(H,27,30)/b24-10-. The van der Waals surface area contributed by atoms with Gasteiger partial charge in [-0.25, -0.2) is 5.43 Å². The van der Waals surface area contributed by atoms with Crippen LogP contribution < -0.4 is 25.5 Å². The predicted octanol–water partition coefficient (Wildman–Crippen LogP) is 2.99. The maximum absolute atomic E-state index is 12.1. The summed E-state index contributed by atoms with van der Waals surface area (Å²) in [5, 5.41) is 9.55. The van der Waals surface area contributed by atoms with Crippen LogP contribution in [0.2, 0.25) is 10.0 Å². The van der Waals surface area contributed by atoms with Crippen molar-refractivity contribution in [1.82, 2.24) is 10.7 Å². The Morgan fingerprint density at radius 2 is 1.78 bits per heavy atom. The highest BCUT2D eigenvalue weighted by atomic mass is 35.5. The van der Waals surface area contributed by atoms with Gasteiger partial charge < -0.3 is 20.1 Å². The third kappa shape index (κ3) is 7.75. The fourth-order valence-electron chi connectivity index (χ4n) is 2.34. The second kappa shape index (κ2) is 11.9. The van der Waals surface area contributed by atoms with Crippen LogP contribution in [0.15, 0.2) is 41.5 Å². The molecule has 0 aliphatic carbocycles. The van der Waals surface area contributed by atoms with Crippen LogP contribution in [0.1, 0.15) is 19.4 Å². The summed E-state index contributed by atoms with van der Waals surface area (Å²) in [6.07, 6.45) is 1.34. The number of hydrogen-bond acceptors (Lipinski definition) is 6. The van der Waals surface area contributed by atoms with E-state index >= 15 is 0 Å². The van der Waals surface area contributed by atoms with Crippen LogP contribution in [0.4, 0.5) is 5.69 Å². The number of halogens is 2. The molecule has 0 atom stereocenters. The van der Waals surface area contributed by atoms with E-state index in [1.165, 1.54) is 19.4 Å². The molecule has 3 amide bonds. The highest BCUT2D eigenvalue weighted by Gasteiger charge is 2.13. The van der Waals surface area contributed by atoms with E-state index in [1.54, 1.807) is 44.2 Å². The summed E-state index contributed by atoms with van der Waals surface area (Å²) < 4.78 is 10.8. The zero-order chi connectivity index (χ0) is 23.7. The average Bonchev–Trinajstić information content (AvgIpc) is 2.74. The third-order valence-corrected chi connectivity index (χ3v) is 4.49. The normalized spacial score (nSPS) is 10.7. The molecule has 0 saturated heterocycles. The first kappa shape index (κ1) is 25.0. The maximum atomic E-state index is 12.1. The summed E-state index contributed by atoms with van der Waals surface area (Å²) in [6, 6.07) is 9.37. The van der Waals surface area contributed by atoms with E-state index in [1.807, 2.05) is 0 Å². The molecule has 0 spiro atoms. The molecule has 2 aromatic carbocycles. The Balaban J connectivity index is 1.93. The van der Waals surface area contributed by atoms with Gasteiger partial charge in [-0.3, -0.25) is 14.4 Å². The topological polar surface area (TPSA) is 118 Å². The van der Waals surface area contributed by atoms with Crippen molar-refractivity contribution in [3.63, 3.8) is 0 Å². The number of ether oxygens (including phenoxy) is 2. The Morgan fingerprint density at radius 1 is 1.03 bits per heavy atom. The lowest BCUT2D eigenvalue weighted by atomic mass is 10.2. The second-order valence-corrected chi connectivity index (χ2v) is 7.52. The number of carbonyl (C=O) groups excluding carboxylic acids is 3. The molecule has 170 valence electrons. The van der Waals surface area contributed by atoms with Crippen LogP contribution in [0.3, 0.4) is 0 Å². The van der Waals surface area contributed by atoms with Crippen LogP contribution in [0.25, 0.3) is 0 Å². The lowest BCUT2D eigenvalue weighted by molar-refractivity contribution is -0.139. The van der Waals surface area contributed by atoms with Crippen molar-refractivity contribution in [3.8, 4) is 11.5 Å². The lowest BCUT2D eigenvalue weighted by Crippen LogP contribution is -2.41. The van der Waals surface area contributed by atoms with E-state index < -0.39 is 17.7 Å². The Bertz CT molecular complexity index is 1030. The monoisotopic (exact) mass is 480 g/mol. The number of nitrogens with zero attached hydrogens (tertiary/aromatic N) is 1. The molecule has 0 aliphatic heterocycles. The van der Waals surface area contributed by atoms with Gasteiger partial charge in [0.15, 0.2) is 18.1 Å². The van der Waals surface area contributed by atoms with Gasteiger partial charge in [-0.1, -0.05) is 23.2 Å². The first-order chi connectivity index (χ1) is 15.2. The summed E-state index contributed by atoms with van der Waals surface area (Å²) in [4.78, 5) is 35.3. The number of nitrogens with one attached hydrogen (secondary N) is 3. The molecule has 2 rings (SSSR count). The second-order valence-electron chi connectivity index (χ2n) is 6.70. The molecule has 11 heteroatoms. The van der Waals surface area contributed by atoms with Gasteiger partial charge in [0.1, 0.15) is 0 Å². The molecule has 0 aromatic heterocycles. The molecular formula is C21H22Cl2N4O5. The van der Waals surface area contributed by atoms with E-state index in [9.17, 15) is 14.4 Å². The minimum Gasteiger partial charge on any atom is -0.493 e. The van der Waals surface area contributed by atoms with Crippen molar-refractivity contribution in [1.29, 1.82) is 0 Å². The van der Waals surface area contributed by atoms with Crippen LogP contribution >= 0.6 is 23.2 Å². The van der Waals surface area contributed by atoms with E-state index in [-0.39, 0.29) is 12.6 Å². The van der Waals surface area contributed by atoms with Gasteiger partial charge in [0.05, 0.1) is 23.4 Å². The van der Waals surface area contributed by atoms with Gasteiger partial charge in [0, 0.05) is 11.7 Å². The summed E-state index contributed by atoms with van der Waals surface area (Å²) in [5.74, 6) is -1.39. The lowest BCUT2D eigenvalue weighted by Gasteiger charge is -2.12. The molecular weight excluding hydrogens is 459 g/mol. The van der Waals surface area contributed by atoms with Gasteiger partial charge in [0.2, 0.25) is 0 Å². The molecule has 0 saturated carbocycles. The number of rotatable bonds is 8. The van der Waals surface area contributed by atoms with Gasteiger partial charge >= 0.3 is 11.8 Å². The summed E-state index contributed by atoms with van der Waals surface area (Å²) in [7, 11) is 1.44. The average molecular weight is 481 g/mol. The van der Waals surface area contributed by atoms with Gasteiger partial charge in [0.25, 0.3) is 5.91 Å². The van der Waals surface area contributed by atoms with Crippen molar-refractivity contribution in [2.45, 2.75) is 19.9 Å². The van der Waals surface area contributed by atoms with Crippen LogP contribution in [0, 0.1) is 0 Å². The van der Waals surface area contributed by atoms with Crippen molar-refractivity contribution in [3.05, 3.63) is 52.0 Å². The van der Waals surface area contributed by atoms with Gasteiger partial charge in [-0.15, -0.1) is 0 Å². The van der Waals surface area contributed by atoms with E-state index in [2.05, 4.69) is 21.2 Å². The minimum absolute atomic E-state index is 0.167. The highest BCUT2D eigenvalue weighted by molar-refractivity contribution is 6.42. The number of methoxy groups -OCH3 is 1. The molecule has 32 heavy (non-hydrogen) atoms. The molecule has 0 fully saturated rings. The first-order valence-electron chi connectivity index (χ1n) is 9.39. The zero-order valence-corrected chi connectivity index (χ0v) is 19.1. The number of hydrogen-bond donors (Lipinski definition) is 3. The van der Waals surface area contributed by atoms with Crippen molar-refractivity contribution in [2.75, 3.05) is 19.0 Å². The number of benzene rings is 2. The SMILES string of the molecule is COc1cc(/C=N\NC(=O)C(=O)NC(C)C)ccc1OCC(=O)Nc1ccc(Cl)c(Cl)c1. The Morgan fingerprint density at radius 3 is 2.44 bits per heavy atom. The molecule has 0 heterocycles. The fraction of sp³-hybridized carbons (Fsp3) is 0.238. The predicted molar refractivity (Wildman–Crippen MR) is 123 cm³/mol. The Kier molecular flexibility index (Phi) is 9.30.